The average Bonchev–Trinajstić information content (AvgIpc) is 2.80. The van der Waals surface area contributed by atoms with E-state index in [2.05, 4.69) is 29.2 Å². The molecular formula is C25H24N2O2. The van der Waals surface area contributed by atoms with Crippen molar-refractivity contribution in [2.24, 2.45) is 0 Å². The van der Waals surface area contributed by atoms with E-state index >= 15 is 0 Å². The van der Waals surface area contributed by atoms with Gasteiger partial charge in [-0.3, -0.25) is 14.5 Å². The van der Waals surface area contributed by atoms with Crippen molar-refractivity contribution in [1.29, 1.82) is 0 Å². The van der Waals surface area contributed by atoms with Crippen molar-refractivity contribution in [3.63, 3.8) is 0 Å². The van der Waals surface area contributed by atoms with Crippen molar-refractivity contribution in [2.75, 3.05) is 26.2 Å². The van der Waals surface area contributed by atoms with Gasteiger partial charge in [-0.15, -0.1) is 0 Å². The number of piperazine rings is 1. The highest BCUT2D eigenvalue weighted by atomic mass is 16.2. The number of carbonyl (C=O) groups excluding carboxylic acids is 2. The lowest BCUT2D eigenvalue weighted by Gasteiger charge is -2.34. The summed E-state index contributed by atoms with van der Waals surface area (Å²) in [5.74, 6) is 0.00203. The molecule has 3 aromatic carbocycles. The molecule has 0 unspecified atom stereocenters. The Hall–Kier alpha value is -3.24. The van der Waals surface area contributed by atoms with Gasteiger partial charge in [-0.1, -0.05) is 72.8 Å². The molecule has 1 fully saturated rings. The minimum Gasteiger partial charge on any atom is -0.336 e. The van der Waals surface area contributed by atoms with Gasteiger partial charge in [0, 0.05) is 49.4 Å². The first-order valence-corrected chi connectivity index (χ1v) is 9.96. The van der Waals surface area contributed by atoms with Gasteiger partial charge in [-0.05, 0) is 17.7 Å². The number of nitrogens with zero attached hydrogens (tertiary/aromatic N) is 2. The molecule has 29 heavy (non-hydrogen) atoms. The molecule has 0 N–H and O–H groups in total. The molecule has 1 heterocycles. The second-order valence-corrected chi connectivity index (χ2v) is 7.33. The average molecular weight is 384 g/mol. The summed E-state index contributed by atoms with van der Waals surface area (Å²) in [5, 5.41) is 0. The van der Waals surface area contributed by atoms with Crippen LogP contribution in [0.4, 0.5) is 0 Å². The van der Waals surface area contributed by atoms with Crippen LogP contribution in [0.5, 0.6) is 0 Å². The first-order chi connectivity index (χ1) is 14.2. The largest absolute Gasteiger partial charge is 0.336 e. The lowest BCUT2D eigenvalue weighted by molar-refractivity contribution is 0.0628. The van der Waals surface area contributed by atoms with Gasteiger partial charge in [0.05, 0.1) is 0 Å². The van der Waals surface area contributed by atoms with E-state index in [1.807, 2.05) is 29.2 Å². The number of ketones is 1. The van der Waals surface area contributed by atoms with Gasteiger partial charge in [0.25, 0.3) is 5.91 Å². The van der Waals surface area contributed by atoms with Crippen LogP contribution in [-0.4, -0.2) is 47.7 Å². The van der Waals surface area contributed by atoms with Crippen molar-refractivity contribution < 1.29 is 9.59 Å². The summed E-state index contributed by atoms with van der Waals surface area (Å²) in [4.78, 5) is 29.6. The van der Waals surface area contributed by atoms with E-state index in [1.165, 1.54) is 5.56 Å². The van der Waals surface area contributed by atoms with Crippen LogP contribution in [0.15, 0.2) is 84.9 Å². The number of carbonyl (C=O) groups is 2. The molecule has 0 spiro atoms. The van der Waals surface area contributed by atoms with E-state index in [1.54, 1.807) is 36.4 Å². The molecule has 0 saturated carbocycles. The van der Waals surface area contributed by atoms with Crippen molar-refractivity contribution in [3.05, 3.63) is 107 Å². The Bertz CT molecular complexity index is 961. The molecule has 3 aromatic rings. The maximum absolute atomic E-state index is 12.8. The fourth-order valence-electron chi connectivity index (χ4n) is 3.65. The molecule has 4 heteroatoms. The molecule has 0 aromatic heterocycles. The molecule has 4 nitrogen and oxygen atoms in total. The Balaban J connectivity index is 1.35. The van der Waals surface area contributed by atoms with Gasteiger partial charge in [0.15, 0.2) is 5.78 Å². The molecule has 0 bridgehead atoms. The van der Waals surface area contributed by atoms with Gasteiger partial charge in [0.2, 0.25) is 0 Å². The van der Waals surface area contributed by atoms with Gasteiger partial charge >= 0.3 is 0 Å². The Kier molecular flexibility index (Phi) is 5.82. The van der Waals surface area contributed by atoms with E-state index in [-0.39, 0.29) is 11.7 Å². The number of amides is 1. The Labute approximate surface area is 171 Å². The molecule has 0 aliphatic carbocycles. The van der Waals surface area contributed by atoms with E-state index in [0.717, 1.165) is 32.7 Å². The molecule has 1 aliphatic heterocycles. The summed E-state index contributed by atoms with van der Waals surface area (Å²) in [5.41, 5.74) is 3.18. The van der Waals surface area contributed by atoms with Crippen LogP contribution in [0.25, 0.3) is 0 Å². The minimum atomic E-state index is -0.0286. The Morgan fingerprint density at radius 1 is 0.621 bits per heavy atom. The highest BCUT2D eigenvalue weighted by molar-refractivity contribution is 6.09. The van der Waals surface area contributed by atoms with Gasteiger partial charge in [-0.2, -0.15) is 0 Å². The maximum Gasteiger partial charge on any atom is 0.253 e. The van der Waals surface area contributed by atoms with Crippen LogP contribution in [0.1, 0.15) is 31.8 Å². The zero-order valence-electron chi connectivity index (χ0n) is 16.3. The fraction of sp³-hybridized carbons (Fsp3) is 0.200. The van der Waals surface area contributed by atoms with Crippen LogP contribution in [0.2, 0.25) is 0 Å². The standard InChI is InChI=1S/C25H24N2O2/c28-24(21-9-5-2-6-10-21)22-11-13-23(14-12-22)25(29)27-17-15-26(16-18-27)19-20-7-3-1-4-8-20/h1-14H,15-19H2. The van der Waals surface area contributed by atoms with E-state index < -0.39 is 0 Å². The second-order valence-electron chi connectivity index (χ2n) is 7.33. The number of hydrogen-bond donors (Lipinski definition) is 0. The smallest absolute Gasteiger partial charge is 0.253 e. The van der Waals surface area contributed by atoms with Crippen molar-refractivity contribution in [2.45, 2.75) is 6.54 Å². The lowest BCUT2D eigenvalue weighted by Crippen LogP contribution is -2.48. The first-order valence-electron chi connectivity index (χ1n) is 9.96. The summed E-state index contributed by atoms with van der Waals surface area (Å²) in [7, 11) is 0. The summed E-state index contributed by atoms with van der Waals surface area (Å²) in [6.07, 6.45) is 0. The summed E-state index contributed by atoms with van der Waals surface area (Å²) in [6.45, 7) is 4.09. The highest BCUT2D eigenvalue weighted by Crippen LogP contribution is 2.15. The van der Waals surface area contributed by atoms with Crippen LogP contribution >= 0.6 is 0 Å². The van der Waals surface area contributed by atoms with Crippen molar-refractivity contribution in [1.82, 2.24) is 9.80 Å². The predicted octanol–water partition coefficient (Wildman–Crippen LogP) is 3.88. The molecule has 0 atom stereocenters. The van der Waals surface area contributed by atoms with Crippen molar-refractivity contribution in [3.8, 4) is 0 Å². The molecule has 146 valence electrons. The Morgan fingerprint density at radius 2 is 1.14 bits per heavy atom. The molecule has 1 saturated heterocycles. The molecule has 1 aliphatic rings. The molecule has 1 amide bonds. The monoisotopic (exact) mass is 384 g/mol. The van der Waals surface area contributed by atoms with Gasteiger partial charge < -0.3 is 4.90 Å². The summed E-state index contributed by atoms with van der Waals surface area (Å²) in [6, 6.07) is 26.6. The number of rotatable bonds is 5. The third kappa shape index (κ3) is 4.61. The van der Waals surface area contributed by atoms with Crippen LogP contribution in [-0.2, 0) is 6.54 Å². The molecule has 0 radical (unpaired) electrons. The second kappa shape index (κ2) is 8.84. The third-order valence-electron chi connectivity index (χ3n) is 5.34. The normalized spacial score (nSPS) is 14.6. The number of benzene rings is 3. The summed E-state index contributed by atoms with van der Waals surface area (Å²) < 4.78 is 0. The van der Waals surface area contributed by atoms with Crippen LogP contribution < -0.4 is 0 Å². The predicted molar refractivity (Wildman–Crippen MR) is 114 cm³/mol. The Morgan fingerprint density at radius 3 is 1.76 bits per heavy atom. The quantitative estimate of drug-likeness (QED) is 0.627. The third-order valence-corrected chi connectivity index (χ3v) is 5.34. The lowest BCUT2D eigenvalue weighted by atomic mass is 10.0. The van der Waals surface area contributed by atoms with E-state index in [0.29, 0.717) is 16.7 Å². The van der Waals surface area contributed by atoms with Gasteiger partial charge in [-0.25, -0.2) is 0 Å². The minimum absolute atomic E-state index is 0.0286. The zero-order chi connectivity index (χ0) is 20.1. The zero-order valence-corrected chi connectivity index (χ0v) is 16.3. The molecule has 4 rings (SSSR count). The number of hydrogen-bond acceptors (Lipinski definition) is 3. The summed E-state index contributed by atoms with van der Waals surface area (Å²) >= 11 is 0. The maximum atomic E-state index is 12.8. The van der Waals surface area contributed by atoms with Crippen LogP contribution in [0, 0.1) is 0 Å². The van der Waals surface area contributed by atoms with E-state index in [9.17, 15) is 9.59 Å². The van der Waals surface area contributed by atoms with Crippen molar-refractivity contribution >= 4 is 11.7 Å². The van der Waals surface area contributed by atoms with Gasteiger partial charge in [0.1, 0.15) is 0 Å². The molecular weight excluding hydrogens is 360 g/mol. The van der Waals surface area contributed by atoms with E-state index in [4.69, 9.17) is 0 Å². The highest BCUT2D eigenvalue weighted by Gasteiger charge is 2.22. The fourth-order valence-corrected chi connectivity index (χ4v) is 3.65. The first kappa shape index (κ1) is 19.1. The SMILES string of the molecule is O=C(c1ccccc1)c1ccc(C(=O)N2CCN(Cc3ccccc3)CC2)cc1. The van der Waals surface area contributed by atoms with Crippen LogP contribution in [0.3, 0.4) is 0 Å². The topological polar surface area (TPSA) is 40.6 Å².